The first-order chi connectivity index (χ1) is 23.0. The Morgan fingerprint density at radius 1 is 1.04 bits per heavy atom. The summed E-state index contributed by atoms with van der Waals surface area (Å²) in [4.78, 5) is 88.0. The molecule has 6 amide bonds. The van der Waals surface area contributed by atoms with Gasteiger partial charge in [-0.2, -0.15) is 0 Å². The highest BCUT2D eigenvalue weighted by Crippen LogP contribution is 2.29. The summed E-state index contributed by atoms with van der Waals surface area (Å²) in [5.74, 6) is -3.25. The van der Waals surface area contributed by atoms with E-state index < -0.39 is 41.4 Å². The third kappa shape index (κ3) is 12.2. The number of nitrogens with zero attached hydrogens (tertiary/aromatic N) is 2. The molecule has 1 fully saturated rings. The summed E-state index contributed by atoms with van der Waals surface area (Å²) < 4.78 is 10.3. The second-order valence-electron chi connectivity index (χ2n) is 11.6. The molecular formula is C32H43BN6O9. The average molecular weight is 667 g/mol. The zero-order chi connectivity index (χ0) is 35.1. The van der Waals surface area contributed by atoms with Crippen LogP contribution in [0.25, 0.3) is 0 Å². The van der Waals surface area contributed by atoms with Gasteiger partial charge in [-0.25, -0.2) is 0 Å². The molecule has 0 aromatic heterocycles. The van der Waals surface area contributed by atoms with Crippen molar-refractivity contribution in [1.29, 1.82) is 0 Å². The molecule has 2 radical (unpaired) electrons. The van der Waals surface area contributed by atoms with Gasteiger partial charge in [0.1, 0.15) is 12.6 Å². The molecule has 1 saturated carbocycles. The Morgan fingerprint density at radius 3 is 2.42 bits per heavy atom. The van der Waals surface area contributed by atoms with Crippen molar-refractivity contribution in [3.8, 4) is 0 Å². The Bertz CT molecular complexity index is 1370. The van der Waals surface area contributed by atoms with E-state index in [1.165, 1.54) is 12.2 Å². The van der Waals surface area contributed by atoms with Gasteiger partial charge in [-0.05, 0) is 62.5 Å². The molecule has 1 heterocycles. The van der Waals surface area contributed by atoms with E-state index in [-0.39, 0.29) is 57.7 Å². The first-order valence-corrected chi connectivity index (χ1v) is 15.9. The monoisotopic (exact) mass is 666 g/mol. The average Bonchev–Trinajstić information content (AvgIpc) is 3.34. The minimum Gasteiger partial charge on any atom is -0.470 e. The van der Waals surface area contributed by atoms with Gasteiger partial charge in [0.05, 0.1) is 26.3 Å². The predicted molar refractivity (Wildman–Crippen MR) is 174 cm³/mol. The zero-order valence-electron chi connectivity index (χ0n) is 27.4. The largest absolute Gasteiger partial charge is 0.470 e. The van der Waals surface area contributed by atoms with E-state index >= 15 is 0 Å². The van der Waals surface area contributed by atoms with Crippen LogP contribution in [0.4, 0.5) is 10.5 Å². The minimum absolute atomic E-state index is 0.00740. The van der Waals surface area contributed by atoms with Crippen LogP contribution in [0.2, 0.25) is 0 Å². The summed E-state index contributed by atoms with van der Waals surface area (Å²) in [5.41, 5.74) is 1.69. The Morgan fingerprint density at radius 2 is 1.77 bits per heavy atom. The van der Waals surface area contributed by atoms with Crippen LogP contribution in [0.5, 0.6) is 0 Å². The van der Waals surface area contributed by atoms with Crippen LogP contribution in [0.1, 0.15) is 49.7 Å². The number of amides is 6. The van der Waals surface area contributed by atoms with Crippen molar-refractivity contribution in [1.82, 2.24) is 25.8 Å². The summed E-state index contributed by atoms with van der Waals surface area (Å²) in [7, 11) is 8.62. The van der Waals surface area contributed by atoms with Crippen LogP contribution < -0.4 is 21.3 Å². The lowest BCUT2D eigenvalue weighted by atomic mass is 9.84. The Labute approximate surface area is 280 Å². The number of hydrogen-bond acceptors (Lipinski definition) is 10. The maximum Gasteiger partial charge on any atom is 0.253 e. The molecule has 2 aliphatic rings. The number of imide groups is 1. The molecule has 0 spiro atoms. The Kier molecular flexibility index (Phi) is 15.2. The number of rotatable bonds is 20. The predicted octanol–water partition coefficient (Wildman–Crippen LogP) is 0.121. The third-order valence-electron chi connectivity index (χ3n) is 7.93. The molecule has 1 aromatic rings. The zero-order valence-corrected chi connectivity index (χ0v) is 27.4. The summed E-state index contributed by atoms with van der Waals surface area (Å²) in [6.45, 7) is 0.507. The Balaban J connectivity index is 1.53. The number of anilines is 1. The molecule has 4 N–H and O–H groups in total. The molecular weight excluding hydrogens is 623 g/mol. The third-order valence-corrected chi connectivity index (χ3v) is 7.93. The van der Waals surface area contributed by atoms with Crippen LogP contribution in [-0.4, -0.2) is 112 Å². The van der Waals surface area contributed by atoms with Crippen LogP contribution in [-0.2, 0) is 51.4 Å². The van der Waals surface area contributed by atoms with Crippen molar-refractivity contribution in [2.45, 2.75) is 57.7 Å². The van der Waals surface area contributed by atoms with E-state index in [0.717, 1.165) is 24.2 Å². The van der Waals surface area contributed by atoms with Gasteiger partial charge < -0.3 is 35.6 Å². The van der Waals surface area contributed by atoms with E-state index in [2.05, 4.69) is 21.3 Å². The number of ether oxygens (including phenoxy) is 2. The SMILES string of the molecule is [B]C(=O)OCc1ccc(NC(=O)[C@H](CCCNC)NC(=O)CNC(=O)CCOCCN2C(=O)C=CC2=O)cc1CN(C)C(=O)C1CCC1. The maximum absolute atomic E-state index is 13.3. The fourth-order valence-electron chi connectivity index (χ4n) is 5.01. The van der Waals surface area contributed by atoms with Gasteiger partial charge in [0, 0.05) is 43.8 Å². The quantitative estimate of drug-likeness (QED) is 0.0845. The van der Waals surface area contributed by atoms with Gasteiger partial charge in [-0.15, -0.1) is 0 Å². The number of nitrogens with one attached hydrogen (secondary N) is 4. The highest BCUT2D eigenvalue weighted by Gasteiger charge is 2.28. The lowest BCUT2D eigenvalue weighted by Crippen LogP contribution is -2.47. The summed E-state index contributed by atoms with van der Waals surface area (Å²) in [6, 6.07) is 4.07. The molecule has 3 rings (SSSR count). The van der Waals surface area contributed by atoms with Crippen molar-refractivity contribution in [2.24, 2.45) is 5.92 Å². The lowest BCUT2D eigenvalue weighted by Gasteiger charge is -2.29. The first kappa shape index (κ1) is 37.9. The number of hydrogen-bond donors (Lipinski definition) is 4. The molecule has 1 aromatic carbocycles. The minimum atomic E-state index is -0.940. The summed E-state index contributed by atoms with van der Waals surface area (Å²) in [5, 5.41) is 11.0. The van der Waals surface area contributed by atoms with Crippen molar-refractivity contribution in [3.05, 3.63) is 41.5 Å². The number of carbonyl (C=O) groups is 7. The highest BCUT2D eigenvalue weighted by atomic mass is 16.5. The molecule has 1 aliphatic carbocycles. The molecule has 0 saturated heterocycles. The standard InChI is InChI=1S/C32H43BN6O9/c1-34-13-4-7-25(37-27(41)18-35-26(40)12-15-47-16-14-39-28(42)10-11-29(39)43)30(44)36-24-9-8-22(20-48-32(33)46)23(17-24)19-38(2)31(45)21-5-3-6-21/h8-11,17,21,25,34H,3-7,12-16,18-20H2,1-2H3,(H,35,40)(H,36,44)(H,37,41)/t25-/m0/s1. The van der Waals surface area contributed by atoms with Crippen LogP contribution in [0.3, 0.4) is 0 Å². The van der Waals surface area contributed by atoms with Gasteiger partial charge in [0.2, 0.25) is 37.3 Å². The number of benzene rings is 1. The van der Waals surface area contributed by atoms with E-state index in [0.29, 0.717) is 36.2 Å². The summed E-state index contributed by atoms with van der Waals surface area (Å²) >= 11 is 0. The molecule has 258 valence electrons. The van der Waals surface area contributed by atoms with Gasteiger partial charge in [-0.1, -0.05) is 12.5 Å². The van der Waals surface area contributed by atoms with Crippen LogP contribution >= 0.6 is 0 Å². The highest BCUT2D eigenvalue weighted by molar-refractivity contribution is 6.55. The van der Waals surface area contributed by atoms with E-state index in [1.54, 1.807) is 37.2 Å². The van der Waals surface area contributed by atoms with Crippen molar-refractivity contribution in [3.63, 3.8) is 0 Å². The molecule has 1 aliphatic heterocycles. The van der Waals surface area contributed by atoms with Crippen LogP contribution in [0.15, 0.2) is 30.4 Å². The summed E-state index contributed by atoms with van der Waals surface area (Å²) in [6.07, 6.45) is 5.90. The van der Waals surface area contributed by atoms with Crippen molar-refractivity contribution < 1.29 is 43.0 Å². The topological polar surface area (TPSA) is 193 Å². The second kappa shape index (κ2) is 19.3. The second-order valence-corrected chi connectivity index (χ2v) is 11.6. The molecule has 0 bridgehead atoms. The van der Waals surface area contributed by atoms with Gasteiger partial charge in [0.25, 0.3) is 11.8 Å². The normalized spacial score (nSPS) is 14.7. The van der Waals surface area contributed by atoms with E-state index in [4.69, 9.17) is 17.3 Å². The van der Waals surface area contributed by atoms with E-state index in [9.17, 15) is 33.6 Å². The molecule has 15 nitrogen and oxygen atoms in total. The number of carbonyl (C=O) groups excluding carboxylic acids is 7. The molecule has 1 atom stereocenters. The van der Waals surface area contributed by atoms with Gasteiger partial charge in [0.15, 0.2) is 0 Å². The van der Waals surface area contributed by atoms with Crippen molar-refractivity contribution >= 4 is 54.8 Å². The van der Waals surface area contributed by atoms with Gasteiger partial charge in [-0.3, -0.25) is 38.5 Å². The fraction of sp³-hybridized carbons (Fsp3) is 0.531. The lowest BCUT2D eigenvalue weighted by molar-refractivity contribution is -0.138. The van der Waals surface area contributed by atoms with Gasteiger partial charge >= 0.3 is 0 Å². The fourth-order valence-corrected chi connectivity index (χ4v) is 5.01. The van der Waals surface area contributed by atoms with E-state index in [1.807, 2.05) is 0 Å². The smallest absolute Gasteiger partial charge is 0.253 e. The maximum atomic E-state index is 13.3. The Hall–Kier alpha value is -4.57. The molecule has 48 heavy (non-hydrogen) atoms. The molecule has 16 heteroatoms. The van der Waals surface area contributed by atoms with Crippen molar-refractivity contribution in [2.75, 3.05) is 52.3 Å². The van der Waals surface area contributed by atoms with Crippen LogP contribution in [0, 0.1) is 5.92 Å². The molecule has 0 unspecified atom stereocenters. The first-order valence-electron chi connectivity index (χ1n) is 15.9.